The van der Waals surface area contributed by atoms with Crippen LogP contribution in [0.3, 0.4) is 0 Å². The molecule has 2 unspecified atom stereocenters. The maximum absolute atomic E-state index is 13.7. The van der Waals surface area contributed by atoms with Crippen molar-refractivity contribution in [1.29, 1.82) is 0 Å². The Hall–Kier alpha value is -4.65. The summed E-state index contributed by atoms with van der Waals surface area (Å²) in [4.78, 5) is 65.9. The minimum Gasteiger partial charge on any atom is -0.466 e. The highest BCUT2D eigenvalue weighted by molar-refractivity contribution is 5.92. The van der Waals surface area contributed by atoms with Crippen molar-refractivity contribution in [3.05, 3.63) is 71.8 Å². The standard InChI is InChI=1S/C36H53N5O8/c1-8-16-27(31(43)41-36(37,24(3)9-2)32(44)47-7)38-30(42)22-29(39-33(45)48-23-26-19-14-11-15-20-26)28(21-25-17-12-10-13-18-25)40-34(46)49-35(4,5)6/h10-15,17-20,24,27-29H,8-9,16,21-23,37H2,1-7H3,(H,38,42)(H,39,45)(H,40,46)(H,41,43)/t24?,27-,28?,29-,36-/m0/s1. The second-order valence-corrected chi connectivity index (χ2v) is 13.0. The first-order valence-corrected chi connectivity index (χ1v) is 16.6. The number of rotatable bonds is 17. The number of benzene rings is 2. The van der Waals surface area contributed by atoms with E-state index in [1.807, 2.05) is 62.4 Å². The number of ether oxygens (including phenoxy) is 3. The molecule has 0 saturated carbocycles. The number of hydrogen-bond donors (Lipinski definition) is 5. The Labute approximate surface area is 289 Å². The summed E-state index contributed by atoms with van der Waals surface area (Å²) in [7, 11) is 1.18. The van der Waals surface area contributed by atoms with E-state index in [4.69, 9.17) is 19.9 Å². The smallest absolute Gasteiger partial charge is 0.407 e. The first-order chi connectivity index (χ1) is 23.1. The molecule has 0 aliphatic rings. The summed E-state index contributed by atoms with van der Waals surface area (Å²) in [6.07, 6.45) is -0.464. The summed E-state index contributed by atoms with van der Waals surface area (Å²) in [6.45, 7) is 10.5. The molecule has 5 atom stereocenters. The number of hydrogen-bond acceptors (Lipinski definition) is 9. The quantitative estimate of drug-likeness (QED) is 0.0930. The van der Waals surface area contributed by atoms with Gasteiger partial charge in [-0.3, -0.25) is 15.3 Å². The molecule has 0 bridgehead atoms. The molecule has 0 fully saturated rings. The van der Waals surface area contributed by atoms with Gasteiger partial charge in [0.25, 0.3) is 0 Å². The van der Waals surface area contributed by atoms with Crippen molar-refractivity contribution in [3.63, 3.8) is 0 Å². The number of esters is 1. The molecule has 0 aliphatic heterocycles. The molecule has 2 rings (SSSR count). The lowest BCUT2D eigenvalue weighted by atomic mass is 9.91. The Morgan fingerprint density at radius 3 is 1.92 bits per heavy atom. The highest BCUT2D eigenvalue weighted by Crippen LogP contribution is 2.18. The third-order valence-corrected chi connectivity index (χ3v) is 7.88. The van der Waals surface area contributed by atoms with Gasteiger partial charge in [0.15, 0.2) is 5.66 Å². The van der Waals surface area contributed by atoms with Gasteiger partial charge in [-0.2, -0.15) is 0 Å². The SMILES string of the molecule is CCC[C@H](NC(=O)C[C@H](NC(=O)OCc1ccccc1)C(Cc1ccccc1)NC(=O)OC(C)(C)C)C(=O)N[C@](N)(C(=O)OC)C(C)CC. The topological polar surface area (TPSA) is 187 Å². The average molecular weight is 684 g/mol. The Kier molecular flexibility index (Phi) is 16.0. The zero-order chi connectivity index (χ0) is 36.6. The largest absolute Gasteiger partial charge is 0.466 e. The lowest BCUT2D eigenvalue weighted by molar-refractivity contribution is -0.153. The number of amides is 4. The lowest BCUT2D eigenvalue weighted by Crippen LogP contribution is -2.68. The van der Waals surface area contributed by atoms with Crippen LogP contribution >= 0.6 is 0 Å². The van der Waals surface area contributed by atoms with E-state index in [0.717, 1.165) is 11.1 Å². The van der Waals surface area contributed by atoms with E-state index in [-0.39, 0.29) is 25.9 Å². The van der Waals surface area contributed by atoms with Crippen LogP contribution in [0.1, 0.15) is 78.4 Å². The molecule has 0 heterocycles. The molecule has 2 aromatic rings. The van der Waals surface area contributed by atoms with Gasteiger partial charge < -0.3 is 35.5 Å². The molecule has 49 heavy (non-hydrogen) atoms. The van der Waals surface area contributed by atoms with Gasteiger partial charge in [-0.25, -0.2) is 14.4 Å². The molecule has 13 heteroatoms. The van der Waals surface area contributed by atoms with Gasteiger partial charge in [0.05, 0.1) is 19.2 Å². The second kappa shape index (κ2) is 19.4. The van der Waals surface area contributed by atoms with E-state index >= 15 is 0 Å². The third-order valence-electron chi connectivity index (χ3n) is 7.88. The zero-order valence-corrected chi connectivity index (χ0v) is 29.7. The molecule has 2 aromatic carbocycles. The molecule has 0 radical (unpaired) electrons. The van der Waals surface area contributed by atoms with Crippen molar-refractivity contribution in [2.45, 2.75) is 110 Å². The average Bonchev–Trinajstić information content (AvgIpc) is 3.05. The molecular weight excluding hydrogens is 630 g/mol. The van der Waals surface area contributed by atoms with Crippen LogP contribution in [0.5, 0.6) is 0 Å². The molecule has 6 N–H and O–H groups in total. The highest BCUT2D eigenvalue weighted by atomic mass is 16.6. The van der Waals surface area contributed by atoms with E-state index in [2.05, 4.69) is 21.3 Å². The first kappa shape index (κ1) is 40.5. The van der Waals surface area contributed by atoms with E-state index in [0.29, 0.717) is 12.8 Å². The molecule has 0 aromatic heterocycles. The van der Waals surface area contributed by atoms with Gasteiger partial charge in [0.1, 0.15) is 18.2 Å². The van der Waals surface area contributed by atoms with Crippen LogP contribution in [0.2, 0.25) is 0 Å². The van der Waals surface area contributed by atoms with Crippen LogP contribution in [-0.4, -0.2) is 66.5 Å². The third kappa shape index (κ3) is 13.8. The van der Waals surface area contributed by atoms with Crippen LogP contribution < -0.4 is 27.0 Å². The predicted molar refractivity (Wildman–Crippen MR) is 185 cm³/mol. The Morgan fingerprint density at radius 1 is 0.816 bits per heavy atom. The van der Waals surface area contributed by atoms with Crippen molar-refractivity contribution in [2.75, 3.05) is 7.11 Å². The molecule has 0 aliphatic carbocycles. The number of nitrogens with two attached hydrogens (primary N) is 1. The molecule has 13 nitrogen and oxygen atoms in total. The maximum atomic E-state index is 13.7. The normalized spacial score (nSPS) is 14.9. The Morgan fingerprint density at radius 2 is 1.39 bits per heavy atom. The fraction of sp³-hybridized carbons (Fsp3) is 0.528. The monoisotopic (exact) mass is 683 g/mol. The van der Waals surface area contributed by atoms with E-state index in [1.54, 1.807) is 39.8 Å². The molecule has 0 saturated heterocycles. The summed E-state index contributed by atoms with van der Waals surface area (Å²) >= 11 is 0. The Balaban J connectivity index is 2.38. The van der Waals surface area contributed by atoms with Gasteiger partial charge >= 0.3 is 18.2 Å². The highest BCUT2D eigenvalue weighted by Gasteiger charge is 2.43. The number of alkyl carbamates (subject to hydrolysis) is 2. The van der Waals surface area contributed by atoms with Crippen LogP contribution in [0.4, 0.5) is 9.59 Å². The summed E-state index contributed by atoms with van der Waals surface area (Å²) in [5.74, 6) is -2.56. The Bertz CT molecular complexity index is 1370. The minimum atomic E-state index is -1.82. The summed E-state index contributed by atoms with van der Waals surface area (Å²) in [6, 6.07) is 15.4. The van der Waals surface area contributed by atoms with E-state index < -0.39 is 65.3 Å². The minimum absolute atomic E-state index is 0.0234. The summed E-state index contributed by atoms with van der Waals surface area (Å²) in [5.41, 5.74) is 5.30. The number of carbonyl (C=O) groups is 5. The van der Waals surface area contributed by atoms with Gasteiger partial charge in [-0.05, 0) is 51.2 Å². The number of carbonyl (C=O) groups excluding carboxylic acids is 5. The summed E-state index contributed by atoms with van der Waals surface area (Å²) < 4.78 is 15.8. The molecule has 0 spiro atoms. The lowest BCUT2D eigenvalue weighted by Gasteiger charge is -2.34. The molecular formula is C36H53N5O8. The van der Waals surface area contributed by atoms with Gasteiger partial charge in [0, 0.05) is 12.3 Å². The van der Waals surface area contributed by atoms with Crippen LogP contribution in [-0.2, 0) is 41.6 Å². The maximum Gasteiger partial charge on any atom is 0.407 e. The fourth-order valence-electron chi connectivity index (χ4n) is 5.00. The van der Waals surface area contributed by atoms with E-state index in [9.17, 15) is 24.0 Å². The fourth-order valence-corrected chi connectivity index (χ4v) is 5.00. The van der Waals surface area contributed by atoms with Gasteiger partial charge in [-0.15, -0.1) is 0 Å². The number of methoxy groups -OCH3 is 1. The predicted octanol–water partition coefficient (Wildman–Crippen LogP) is 4.08. The van der Waals surface area contributed by atoms with Crippen LogP contribution in [0.15, 0.2) is 60.7 Å². The van der Waals surface area contributed by atoms with Crippen LogP contribution in [0, 0.1) is 5.92 Å². The van der Waals surface area contributed by atoms with Crippen molar-refractivity contribution in [3.8, 4) is 0 Å². The van der Waals surface area contributed by atoms with Crippen molar-refractivity contribution >= 4 is 30.0 Å². The van der Waals surface area contributed by atoms with Crippen molar-refractivity contribution < 1.29 is 38.2 Å². The van der Waals surface area contributed by atoms with Crippen molar-refractivity contribution in [2.24, 2.45) is 11.7 Å². The first-order valence-electron chi connectivity index (χ1n) is 16.6. The van der Waals surface area contributed by atoms with Gasteiger partial charge in [-0.1, -0.05) is 87.9 Å². The number of nitrogens with one attached hydrogen (secondary N) is 4. The summed E-state index contributed by atoms with van der Waals surface area (Å²) in [5, 5.41) is 10.9. The van der Waals surface area contributed by atoms with Crippen LogP contribution in [0.25, 0.3) is 0 Å². The van der Waals surface area contributed by atoms with E-state index in [1.165, 1.54) is 7.11 Å². The molecule has 270 valence electrons. The zero-order valence-electron chi connectivity index (χ0n) is 29.7. The molecule has 4 amide bonds. The van der Waals surface area contributed by atoms with Gasteiger partial charge in [0.2, 0.25) is 11.8 Å². The second-order valence-electron chi connectivity index (χ2n) is 13.0. The van der Waals surface area contributed by atoms with Crippen molar-refractivity contribution in [1.82, 2.24) is 21.3 Å².